The molecular weight excluding hydrogens is 136 g/mol. The fourth-order valence-electron chi connectivity index (χ4n) is 1.83. The average Bonchev–Trinajstić information content (AvgIpc) is 1.99. The van der Waals surface area contributed by atoms with Crippen molar-refractivity contribution in [3.8, 4) is 0 Å². The van der Waals surface area contributed by atoms with Crippen molar-refractivity contribution in [2.45, 2.75) is 44.2 Å². The van der Waals surface area contributed by atoms with E-state index in [4.69, 9.17) is 0 Å². The zero-order chi connectivity index (χ0) is 7.52. The van der Waals surface area contributed by atoms with Crippen molar-refractivity contribution in [1.82, 2.24) is 10.6 Å². The van der Waals surface area contributed by atoms with Crippen LogP contribution in [-0.2, 0) is 0 Å². The minimum absolute atomic E-state index is 0.790. The van der Waals surface area contributed by atoms with E-state index >= 15 is 0 Å². The minimum atomic E-state index is 0.790. The summed E-state index contributed by atoms with van der Waals surface area (Å²) in [5, 5.41) is 8.03. The van der Waals surface area contributed by atoms with Crippen LogP contribution in [0.5, 0.6) is 0 Å². The molecule has 1 saturated carbocycles. The molecule has 1 radical (unpaired) electrons. The Bertz CT molecular complexity index is 115. The van der Waals surface area contributed by atoms with Gasteiger partial charge >= 0.3 is 0 Å². The number of piperidine rings is 1. The van der Waals surface area contributed by atoms with Crippen LogP contribution in [0.1, 0.15) is 32.1 Å². The van der Waals surface area contributed by atoms with Crippen molar-refractivity contribution >= 4 is 0 Å². The second-order valence-corrected chi connectivity index (χ2v) is 3.74. The first kappa shape index (κ1) is 7.56. The molecule has 0 aromatic heterocycles. The Morgan fingerprint density at radius 2 is 1.55 bits per heavy atom. The lowest BCUT2D eigenvalue weighted by molar-refractivity contribution is 0.271. The highest BCUT2D eigenvalue weighted by atomic mass is 15.0. The van der Waals surface area contributed by atoms with Gasteiger partial charge in [-0.1, -0.05) is 6.42 Å². The molecule has 0 atom stereocenters. The van der Waals surface area contributed by atoms with Crippen molar-refractivity contribution in [3.63, 3.8) is 0 Å². The van der Waals surface area contributed by atoms with Crippen LogP contribution in [-0.4, -0.2) is 25.2 Å². The van der Waals surface area contributed by atoms with E-state index in [1.807, 2.05) is 0 Å². The Morgan fingerprint density at radius 1 is 0.909 bits per heavy atom. The maximum Gasteiger partial charge on any atom is 0.0148 e. The van der Waals surface area contributed by atoms with Gasteiger partial charge in [-0.15, -0.1) is 0 Å². The molecule has 2 fully saturated rings. The number of hydrogen-bond donors (Lipinski definition) is 1. The third-order valence-electron chi connectivity index (χ3n) is 2.85. The van der Waals surface area contributed by atoms with E-state index < -0.39 is 0 Å². The van der Waals surface area contributed by atoms with Crippen LogP contribution in [0, 0.1) is 0 Å². The minimum Gasteiger partial charge on any atom is -0.311 e. The summed E-state index contributed by atoms with van der Waals surface area (Å²) < 4.78 is 0. The van der Waals surface area contributed by atoms with E-state index in [1.54, 1.807) is 0 Å². The van der Waals surface area contributed by atoms with E-state index in [9.17, 15) is 0 Å². The molecule has 11 heavy (non-hydrogen) atoms. The summed E-state index contributed by atoms with van der Waals surface area (Å²) in [6.07, 6.45) is 6.81. The summed E-state index contributed by atoms with van der Waals surface area (Å²) in [5.41, 5.74) is 0. The van der Waals surface area contributed by atoms with E-state index in [0.717, 1.165) is 25.2 Å². The van der Waals surface area contributed by atoms with Crippen molar-refractivity contribution < 1.29 is 0 Å². The molecule has 1 aliphatic carbocycles. The van der Waals surface area contributed by atoms with Crippen LogP contribution in [0.4, 0.5) is 0 Å². The van der Waals surface area contributed by atoms with Gasteiger partial charge in [0.2, 0.25) is 0 Å². The van der Waals surface area contributed by atoms with E-state index in [2.05, 4.69) is 10.6 Å². The van der Waals surface area contributed by atoms with Gasteiger partial charge in [0.05, 0.1) is 0 Å². The van der Waals surface area contributed by atoms with E-state index in [-0.39, 0.29) is 0 Å². The maximum atomic E-state index is 4.34. The molecule has 0 amide bonds. The van der Waals surface area contributed by atoms with E-state index in [1.165, 1.54) is 32.1 Å². The Balaban J connectivity index is 1.67. The summed E-state index contributed by atoms with van der Waals surface area (Å²) in [6, 6.07) is 1.65. The number of rotatable bonds is 2. The molecule has 2 nitrogen and oxygen atoms in total. The van der Waals surface area contributed by atoms with Crippen LogP contribution >= 0.6 is 0 Å². The molecule has 0 unspecified atom stereocenters. The second-order valence-electron chi connectivity index (χ2n) is 3.74. The lowest BCUT2D eigenvalue weighted by atomic mass is 9.91. The van der Waals surface area contributed by atoms with Crippen LogP contribution in [0.3, 0.4) is 0 Å². The zero-order valence-electron chi connectivity index (χ0n) is 7.05. The normalized spacial score (nSPS) is 28.4. The predicted octanol–water partition coefficient (Wildman–Crippen LogP) is 0.895. The van der Waals surface area contributed by atoms with Gasteiger partial charge in [-0.05, 0) is 25.7 Å². The van der Waals surface area contributed by atoms with Crippen LogP contribution in [0.15, 0.2) is 0 Å². The van der Waals surface area contributed by atoms with Crippen molar-refractivity contribution in [3.05, 3.63) is 0 Å². The summed E-state index contributed by atoms with van der Waals surface area (Å²) in [7, 11) is 0. The molecule has 0 spiro atoms. The predicted molar refractivity (Wildman–Crippen MR) is 45.7 cm³/mol. The molecule has 1 N–H and O–H groups in total. The Hall–Kier alpha value is -0.0800. The van der Waals surface area contributed by atoms with Crippen molar-refractivity contribution in [2.24, 2.45) is 0 Å². The van der Waals surface area contributed by atoms with Gasteiger partial charge in [-0.25, -0.2) is 5.32 Å². The van der Waals surface area contributed by atoms with Gasteiger partial charge in [0.15, 0.2) is 0 Å². The zero-order valence-corrected chi connectivity index (χ0v) is 7.05. The first-order chi connectivity index (χ1) is 5.45. The summed E-state index contributed by atoms with van der Waals surface area (Å²) in [4.78, 5) is 0. The maximum absolute atomic E-state index is 4.34. The van der Waals surface area contributed by atoms with Gasteiger partial charge in [0.25, 0.3) is 0 Å². The van der Waals surface area contributed by atoms with Crippen LogP contribution in [0.25, 0.3) is 0 Å². The Labute approximate surface area is 68.7 Å². The van der Waals surface area contributed by atoms with Crippen molar-refractivity contribution in [1.29, 1.82) is 0 Å². The molecule has 1 aliphatic heterocycles. The highest BCUT2D eigenvalue weighted by Gasteiger charge is 2.21. The lowest BCUT2D eigenvalue weighted by Crippen LogP contribution is -2.45. The van der Waals surface area contributed by atoms with E-state index in [0.29, 0.717) is 0 Å². The number of hydrogen-bond acceptors (Lipinski definition) is 1. The summed E-state index contributed by atoms with van der Waals surface area (Å²) >= 11 is 0. The van der Waals surface area contributed by atoms with Gasteiger partial charge in [0.1, 0.15) is 0 Å². The molecule has 0 bridgehead atoms. The molecule has 63 valence electrons. The van der Waals surface area contributed by atoms with Gasteiger partial charge in [-0.3, -0.25) is 0 Å². The number of nitrogens with one attached hydrogen (secondary N) is 1. The summed E-state index contributed by atoms with van der Waals surface area (Å²) in [5.74, 6) is 0. The monoisotopic (exact) mass is 153 g/mol. The fourth-order valence-corrected chi connectivity index (χ4v) is 1.83. The standard InChI is InChI=1S/C9H17N2/c1-2-8(3-1)11-9-4-6-10-7-5-9/h8-9,11H,1-7H2. The quantitative estimate of drug-likeness (QED) is 0.626. The fraction of sp³-hybridized carbons (Fsp3) is 1.00. The molecule has 0 aromatic carbocycles. The number of nitrogens with zero attached hydrogens (tertiary/aromatic N) is 1. The first-order valence-corrected chi connectivity index (χ1v) is 4.84. The molecule has 0 aromatic rings. The van der Waals surface area contributed by atoms with Gasteiger partial charge in [-0.2, -0.15) is 0 Å². The largest absolute Gasteiger partial charge is 0.311 e. The first-order valence-electron chi connectivity index (χ1n) is 4.84. The van der Waals surface area contributed by atoms with Crippen LogP contribution < -0.4 is 10.6 Å². The third-order valence-corrected chi connectivity index (χ3v) is 2.85. The second kappa shape index (κ2) is 3.55. The smallest absolute Gasteiger partial charge is 0.0148 e. The molecule has 2 rings (SSSR count). The highest BCUT2D eigenvalue weighted by Crippen LogP contribution is 2.20. The third kappa shape index (κ3) is 1.94. The van der Waals surface area contributed by atoms with Gasteiger partial charge < -0.3 is 5.32 Å². The Morgan fingerprint density at radius 3 is 2.09 bits per heavy atom. The average molecular weight is 153 g/mol. The molecular formula is C9H17N2. The van der Waals surface area contributed by atoms with Crippen LogP contribution in [0.2, 0.25) is 0 Å². The topological polar surface area (TPSA) is 26.1 Å². The molecule has 2 aliphatic rings. The molecule has 1 heterocycles. The molecule has 1 saturated heterocycles. The van der Waals surface area contributed by atoms with Crippen molar-refractivity contribution in [2.75, 3.05) is 13.1 Å². The summed E-state index contributed by atoms with van der Waals surface area (Å²) in [6.45, 7) is 2.18. The van der Waals surface area contributed by atoms with Gasteiger partial charge in [0, 0.05) is 25.2 Å². The highest BCUT2D eigenvalue weighted by molar-refractivity contribution is 4.83. The Kier molecular flexibility index (Phi) is 2.44. The SMILES string of the molecule is C1CC(NC2CC[N]CC2)C1. The lowest BCUT2D eigenvalue weighted by Gasteiger charge is -2.33. The molecule has 2 heteroatoms.